The van der Waals surface area contributed by atoms with Crippen molar-refractivity contribution in [1.82, 2.24) is 5.32 Å². The molecule has 0 aliphatic heterocycles. The van der Waals surface area contributed by atoms with E-state index in [1.165, 1.54) is 48.5 Å². The van der Waals surface area contributed by atoms with Gasteiger partial charge in [-0.1, -0.05) is 66.7 Å². The Morgan fingerprint density at radius 3 is 1.87 bits per heavy atom. The smallest absolute Gasteiger partial charge is 0.371 e. The second-order valence-electron chi connectivity index (χ2n) is 9.04. The third-order valence-corrected chi connectivity index (χ3v) is 6.85. The van der Waals surface area contributed by atoms with Crippen LogP contribution in [-0.2, 0) is 21.8 Å². The first-order chi connectivity index (χ1) is 18.3. The van der Waals surface area contributed by atoms with Crippen LogP contribution in [0.1, 0.15) is 55.9 Å². The van der Waals surface area contributed by atoms with Crippen molar-refractivity contribution >= 4 is 34.5 Å². The standard InChI is InChI=1S/C29H22F4INO4/c1-27(30,31)19-9-5-10-20(15-19)28(17-18-7-3-2-4-8-18,21-11-6-12-22(16-21)29(32,33)34)35-25(36)23-13-14-24(39-23)26(37)38/h2-16H,17H2,1H3,(H,35,36)(H,37,38). The van der Waals surface area contributed by atoms with Crippen LogP contribution >= 0.6 is 22.6 Å². The fraction of sp³-hybridized carbons (Fsp3) is 0.172. The van der Waals surface area contributed by atoms with E-state index in [9.17, 15) is 32.3 Å². The van der Waals surface area contributed by atoms with Gasteiger partial charge in [-0.3, -0.25) is 4.79 Å². The molecule has 39 heavy (non-hydrogen) atoms. The molecule has 1 aromatic heterocycles. The summed E-state index contributed by atoms with van der Waals surface area (Å²) in [5, 5.41) is 12.0. The van der Waals surface area contributed by atoms with Crippen molar-refractivity contribution in [3.63, 3.8) is 0 Å². The zero-order chi connectivity index (χ0) is 28.4. The topological polar surface area (TPSA) is 79.5 Å². The molecule has 1 atom stereocenters. The number of benzene rings is 3. The summed E-state index contributed by atoms with van der Waals surface area (Å²) in [7, 11) is 0. The number of carboxylic acid groups (broad SMARTS) is 1. The minimum absolute atomic E-state index is 0.0128. The number of hydrogen-bond donors (Lipinski definition) is 2. The molecule has 202 valence electrons. The highest BCUT2D eigenvalue weighted by Gasteiger charge is 2.40. The Balaban J connectivity index is 1.98. The highest BCUT2D eigenvalue weighted by molar-refractivity contribution is 14.1. The van der Waals surface area contributed by atoms with Crippen LogP contribution < -0.4 is 5.32 Å². The van der Waals surface area contributed by atoms with Crippen LogP contribution in [0.3, 0.4) is 0 Å². The Kier molecular flexibility index (Phi) is 7.87. The van der Waals surface area contributed by atoms with Crippen LogP contribution in [0.25, 0.3) is 0 Å². The first-order valence-electron chi connectivity index (χ1n) is 11.7. The lowest BCUT2D eigenvalue weighted by molar-refractivity contribution is 0.0173. The van der Waals surface area contributed by atoms with Gasteiger partial charge in [-0.05, 0) is 41.0 Å². The SMILES string of the molecule is CC(F)(F)c1cccc(C(Cc2ccccc2)(NC(=O)c2ccc(C(=O)O)o2)c2cccc(C(F)(F)I)c2)c1. The van der Waals surface area contributed by atoms with E-state index < -0.39 is 33.0 Å². The normalized spacial score (nSPS) is 13.5. The van der Waals surface area contributed by atoms with Crippen LogP contribution in [0.5, 0.6) is 0 Å². The van der Waals surface area contributed by atoms with Gasteiger partial charge in [0.2, 0.25) is 5.76 Å². The molecule has 0 saturated heterocycles. The molecule has 2 N–H and O–H groups in total. The van der Waals surface area contributed by atoms with Gasteiger partial charge < -0.3 is 14.8 Å². The Morgan fingerprint density at radius 1 is 0.795 bits per heavy atom. The van der Waals surface area contributed by atoms with Gasteiger partial charge in [-0.2, -0.15) is 8.78 Å². The molecule has 0 bridgehead atoms. The average Bonchev–Trinajstić information content (AvgIpc) is 3.39. The van der Waals surface area contributed by atoms with E-state index in [2.05, 4.69) is 5.32 Å². The molecule has 10 heteroatoms. The molecule has 4 aromatic rings. The first kappa shape index (κ1) is 28.3. The number of alkyl halides is 5. The van der Waals surface area contributed by atoms with Crippen LogP contribution in [-0.4, -0.2) is 17.0 Å². The fourth-order valence-electron chi connectivity index (χ4n) is 4.31. The molecule has 4 rings (SSSR count). The van der Waals surface area contributed by atoms with Crippen molar-refractivity contribution in [3.05, 3.63) is 130 Å². The van der Waals surface area contributed by atoms with Crippen LogP contribution in [0.4, 0.5) is 17.6 Å². The zero-order valence-electron chi connectivity index (χ0n) is 20.4. The van der Waals surface area contributed by atoms with Gasteiger partial charge in [0.05, 0.1) is 5.54 Å². The molecule has 0 aliphatic carbocycles. The van der Waals surface area contributed by atoms with Gasteiger partial charge in [-0.25, -0.2) is 13.6 Å². The van der Waals surface area contributed by atoms with Crippen LogP contribution in [0.2, 0.25) is 0 Å². The van der Waals surface area contributed by atoms with Gasteiger partial charge >= 0.3 is 9.90 Å². The Hall–Kier alpha value is -3.67. The lowest BCUT2D eigenvalue weighted by Gasteiger charge is -2.37. The van der Waals surface area contributed by atoms with E-state index in [0.29, 0.717) is 5.56 Å². The number of aromatic carboxylic acids is 1. The number of carboxylic acids is 1. The maximum atomic E-state index is 14.4. The number of amides is 1. The molecular formula is C29H22F4INO4. The summed E-state index contributed by atoms with van der Waals surface area (Å²) >= 11 is 0.995. The number of carbonyl (C=O) groups excluding carboxylic acids is 1. The number of rotatable bonds is 9. The predicted octanol–water partition coefficient (Wildman–Crippen LogP) is 7.49. The lowest BCUT2D eigenvalue weighted by Crippen LogP contribution is -2.48. The molecule has 5 nitrogen and oxygen atoms in total. The average molecular weight is 651 g/mol. The Bertz CT molecular complexity index is 1440. The number of halogens is 5. The summed E-state index contributed by atoms with van der Waals surface area (Å²) in [5.41, 5.74) is -1.26. The molecule has 1 amide bonds. The van der Waals surface area contributed by atoms with Crippen LogP contribution in [0, 0.1) is 0 Å². The van der Waals surface area contributed by atoms with E-state index in [0.717, 1.165) is 41.6 Å². The molecular weight excluding hydrogens is 629 g/mol. The minimum Gasteiger partial charge on any atom is -0.475 e. The van der Waals surface area contributed by atoms with E-state index in [4.69, 9.17) is 4.42 Å². The molecule has 0 radical (unpaired) electrons. The number of furan rings is 1. The Labute approximate surface area is 235 Å². The second kappa shape index (κ2) is 10.8. The molecule has 1 unspecified atom stereocenters. The quantitative estimate of drug-likeness (QED) is 0.112. The molecule has 0 spiro atoms. The second-order valence-corrected chi connectivity index (χ2v) is 10.4. The number of carbonyl (C=O) groups is 2. The number of nitrogens with one attached hydrogen (secondary N) is 1. The largest absolute Gasteiger partial charge is 0.475 e. The summed E-state index contributed by atoms with van der Waals surface area (Å²) in [6.45, 7) is 0.733. The van der Waals surface area contributed by atoms with Gasteiger partial charge in [-0.15, -0.1) is 0 Å². The summed E-state index contributed by atoms with van der Waals surface area (Å²) in [6.07, 6.45) is -0.0128. The maximum Gasteiger partial charge on any atom is 0.371 e. The van der Waals surface area contributed by atoms with Crippen molar-refractivity contribution in [2.75, 3.05) is 0 Å². The van der Waals surface area contributed by atoms with Gasteiger partial charge in [0.1, 0.15) is 0 Å². The van der Waals surface area contributed by atoms with Crippen molar-refractivity contribution in [2.45, 2.75) is 28.7 Å². The molecule has 1 heterocycles. The van der Waals surface area contributed by atoms with E-state index in [1.54, 1.807) is 30.3 Å². The number of hydrogen-bond acceptors (Lipinski definition) is 3. The van der Waals surface area contributed by atoms with Crippen molar-refractivity contribution < 1.29 is 36.7 Å². The molecule has 0 aliphatic rings. The summed E-state index contributed by atoms with van der Waals surface area (Å²) in [6, 6.07) is 21.8. The van der Waals surface area contributed by atoms with Crippen molar-refractivity contribution in [3.8, 4) is 0 Å². The zero-order valence-corrected chi connectivity index (χ0v) is 22.6. The highest BCUT2D eigenvalue weighted by Crippen LogP contribution is 2.41. The highest BCUT2D eigenvalue weighted by atomic mass is 127. The predicted molar refractivity (Wildman–Crippen MR) is 144 cm³/mol. The van der Waals surface area contributed by atoms with Gasteiger partial charge in [0.15, 0.2) is 5.76 Å². The summed E-state index contributed by atoms with van der Waals surface area (Å²) in [5.74, 6) is -6.31. The summed E-state index contributed by atoms with van der Waals surface area (Å²) < 4.78 is 59.6. The van der Waals surface area contributed by atoms with Crippen molar-refractivity contribution in [1.29, 1.82) is 0 Å². The lowest BCUT2D eigenvalue weighted by atomic mass is 9.76. The summed E-state index contributed by atoms with van der Waals surface area (Å²) in [4.78, 5) is 24.8. The fourth-order valence-corrected chi connectivity index (χ4v) is 4.65. The van der Waals surface area contributed by atoms with Crippen molar-refractivity contribution in [2.24, 2.45) is 0 Å². The molecule has 0 fully saturated rings. The van der Waals surface area contributed by atoms with E-state index >= 15 is 0 Å². The van der Waals surface area contributed by atoms with Gasteiger partial charge in [0, 0.05) is 47.1 Å². The third-order valence-electron chi connectivity index (χ3n) is 6.22. The molecule has 3 aromatic carbocycles. The molecule has 0 saturated carbocycles. The Morgan fingerprint density at radius 2 is 1.33 bits per heavy atom. The first-order valence-corrected chi connectivity index (χ1v) is 12.7. The monoisotopic (exact) mass is 651 g/mol. The van der Waals surface area contributed by atoms with Crippen LogP contribution in [0.15, 0.2) is 95.4 Å². The van der Waals surface area contributed by atoms with Gasteiger partial charge in [0.25, 0.3) is 11.8 Å². The minimum atomic E-state index is -3.26. The van der Waals surface area contributed by atoms with E-state index in [-0.39, 0.29) is 34.4 Å². The third kappa shape index (κ3) is 6.32. The maximum absolute atomic E-state index is 14.4. The van der Waals surface area contributed by atoms with E-state index in [1.807, 2.05) is 0 Å².